The van der Waals surface area contributed by atoms with Crippen LogP contribution in [0.5, 0.6) is 0 Å². The summed E-state index contributed by atoms with van der Waals surface area (Å²) in [6, 6.07) is 0. The van der Waals surface area contributed by atoms with Crippen LogP contribution in [0.3, 0.4) is 0 Å². The highest BCUT2D eigenvalue weighted by molar-refractivity contribution is 4.97. The van der Waals surface area contributed by atoms with Gasteiger partial charge in [-0.05, 0) is 27.7 Å². The van der Waals surface area contributed by atoms with Gasteiger partial charge in [-0.15, -0.1) is 0 Å². The summed E-state index contributed by atoms with van der Waals surface area (Å²) in [5.74, 6) is -1.48. The Morgan fingerprint density at radius 2 is 1.67 bits per heavy atom. The fourth-order valence-corrected chi connectivity index (χ4v) is 2.67. The number of hydrogen-bond acceptors (Lipinski definition) is 5. The smallest absolute Gasteiger partial charge is 0.190 e. The van der Waals surface area contributed by atoms with Gasteiger partial charge in [-0.2, -0.15) is 0 Å². The van der Waals surface area contributed by atoms with E-state index in [2.05, 4.69) is 0 Å². The third kappa shape index (κ3) is 2.06. The van der Waals surface area contributed by atoms with Gasteiger partial charge in [0.25, 0.3) is 0 Å². The van der Waals surface area contributed by atoms with Crippen molar-refractivity contribution in [3.8, 4) is 0 Å². The normalized spacial score (nSPS) is 49.5. The zero-order chi connectivity index (χ0) is 13.1. The van der Waals surface area contributed by atoms with Crippen molar-refractivity contribution in [1.82, 2.24) is 0 Å². The molecular formula is C12H19FO5. The molecule has 0 aromatic carbocycles. The quantitative estimate of drug-likeness (QED) is 0.714. The monoisotopic (exact) mass is 262 g/mol. The molecule has 0 aromatic heterocycles. The van der Waals surface area contributed by atoms with Crippen LogP contribution >= 0.6 is 0 Å². The first-order chi connectivity index (χ1) is 8.27. The van der Waals surface area contributed by atoms with E-state index in [-0.39, 0.29) is 0 Å². The summed E-state index contributed by atoms with van der Waals surface area (Å²) in [4.78, 5) is 0. The van der Waals surface area contributed by atoms with Crippen molar-refractivity contribution >= 4 is 0 Å². The lowest BCUT2D eigenvalue weighted by Gasteiger charge is -2.25. The minimum Gasteiger partial charge on any atom is -0.348 e. The van der Waals surface area contributed by atoms with Gasteiger partial charge in [0.2, 0.25) is 0 Å². The number of alkyl halides is 1. The average Bonchev–Trinajstić information content (AvgIpc) is 2.81. The van der Waals surface area contributed by atoms with Crippen LogP contribution in [0.25, 0.3) is 0 Å². The number of halogens is 1. The van der Waals surface area contributed by atoms with Crippen LogP contribution < -0.4 is 0 Å². The maximum atomic E-state index is 14.3. The van der Waals surface area contributed by atoms with Crippen molar-refractivity contribution < 1.29 is 28.1 Å². The summed E-state index contributed by atoms with van der Waals surface area (Å²) in [6.45, 7) is 7.41. The molecule has 0 aromatic rings. The minimum atomic E-state index is -1.26. The van der Waals surface area contributed by atoms with E-state index >= 15 is 0 Å². The zero-order valence-electron chi connectivity index (χ0n) is 11.0. The van der Waals surface area contributed by atoms with Gasteiger partial charge in [0.05, 0.1) is 6.61 Å². The standard InChI is InChI=1S/C12H19FO5/c1-11(2)14-5-6(16-11)8-7(13)9-10(15-8)18-12(3,4)17-9/h6-10H,5H2,1-4H3/t6-,7+,8-,9-,10-/m1/s1. The summed E-state index contributed by atoms with van der Waals surface area (Å²) in [5, 5.41) is 0. The van der Waals surface area contributed by atoms with Gasteiger partial charge in [-0.25, -0.2) is 4.39 Å². The second kappa shape index (κ2) is 3.86. The van der Waals surface area contributed by atoms with Crippen molar-refractivity contribution in [2.75, 3.05) is 6.61 Å². The molecule has 0 amide bonds. The molecule has 3 aliphatic rings. The van der Waals surface area contributed by atoms with Gasteiger partial charge in [0, 0.05) is 0 Å². The first kappa shape index (κ1) is 12.7. The van der Waals surface area contributed by atoms with Crippen LogP contribution in [0.4, 0.5) is 4.39 Å². The van der Waals surface area contributed by atoms with Gasteiger partial charge in [0.1, 0.15) is 18.3 Å². The molecule has 0 radical (unpaired) electrons. The van der Waals surface area contributed by atoms with E-state index in [9.17, 15) is 4.39 Å². The lowest BCUT2D eigenvalue weighted by Crippen LogP contribution is -2.40. The van der Waals surface area contributed by atoms with Crippen molar-refractivity contribution in [3.63, 3.8) is 0 Å². The molecule has 5 atom stereocenters. The molecule has 3 aliphatic heterocycles. The summed E-state index contributed by atoms with van der Waals surface area (Å²) in [6.07, 6.45) is -3.72. The van der Waals surface area contributed by atoms with E-state index in [1.54, 1.807) is 27.7 Å². The zero-order valence-corrected chi connectivity index (χ0v) is 11.0. The molecule has 3 saturated heterocycles. The molecule has 104 valence electrons. The Labute approximate surface area is 105 Å². The Balaban J connectivity index is 1.68. The SMILES string of the molecule is CC1(C)O[C@H]2O[C@H]([C@H]3COC(C)(C)O3)[C@H](F)[C@H]2O1. The highest BCUT2D eigenvalue weighted by Gasteiger charge is 2.58. The van der Waals surface area contributed by atoms with E-state index in [1.807, 2.05) is 0 Å². The second-order valence-corrected chi connectivity index (χ2v) is 5.88. The van der Waals surface area contributed by atoms with Crippen molar-refractivity contribution in [3.05, 3.63) is 0 Å². The lowest BCUT2D eigenvalue weighted by molar-refractivity contribution is -0.227. The number of fused-ring (bicyclic) bond motifs is 1. The van der Waals surface area contributed by atoms with Crippen LogP contribution in [-0.2, 0) is 23.7 Å². The van der Waals surface area contributed by atoms with E-state index in [0.29, 0.717) is 6.61 Å². The molecule has 0 spiro atoms. The molecule has 0 N–H and O–H groups in total. The topological polar surface area (TPSA) is 46.2 Å². The van der Waals surface area contributed by atoms with Gasteiger partial charge in [0.15, 0.2) is 24.0 Å². The Morgan fingerprint density at radius 1 is 0.944 bits per heavy atom. The van der Waals surface area contributed by atoms with Crippen molar-refractivity contribution in [2.24, 2.45) is 0 Å². The van der Waals surface area contributed by atoms with Gasteiger partial charge < -0.3 is 23.7 Å². The van der Waals surface area contributed by atoms with Crippen LogP contribution in [-0.4, -0.2) is 49.0 Å². The molecule has 18 heavy (non-hydrogen) atoms. The predicted octanol–water partition coefficient (Wildman–Crippen LogP) is 1.35. The van der Waals surface area contributed by atoms with Gasteiger partial charge in [-0.1, -0.05) is 0 Å². The molecule has 0 aliphatic carbocycles. The average molecular weight is 262 g/mol. The molecule has 3 fully saturated rings. The Bertz CT molecular complexity index is 345. The molecule has 3 heterocycles. The Morgan fingerprint density at radius 3 is 2.22 bits per heavy atom. The van der Waals surface area contributed by atoms with Crippen LogP contribution in [0.1, 0.15) is 27.7 Å². The predicted molar refractivity (Wildman–Crippen MR) is 58.5 cm³/mol. The van der Waals surface area contributed by atoms with Crippen LogP contribution in [0, 0.1) is 0 Å². The number of rotatable bonds is 1. The van der Waals surface area contributed by atoms with E-state index < -0.39 is 42.3 Å². The van der Waals surface area contributed by atoms with Crippen LogP contribution in [0.15, 0.2) is 0 Å². The minimum absolute atomic E-state index is 0.320. The number of ether oxygens (including phenoxy) is 5. The maximum absolute atomic E-state index is 14.3. The first-order valence-electron chi connectivity index (χ1n) is 6.24. The fraction of sp³-hybridized carbons (Fsp3) is 1.00. The molecule has 6 heteroatoms. The third-order valence-corrected chi connectivity index (χ3v) is 3.40. The molecule has 5 nitrogen and oxygen atoms in total. The fourth-order valence-electron chi connectivity index (χ4n) is 2.67. The molecule has 0 saturated carbocycles. The molecule has 0 unspecified atom stereocenters. The van der Waals surface area contributed by atoms with Gasteiger partial charge >= 0.3 is 0 Å². The lowest BCUT2D eigenvalue weighted by atomic mass is 10.1. The maximum Gasteiger partial charge on any atom is 0.190 e. The van der Waals surface area contributed by atoms with E-state index in [0.717, 1.165) is 0 Å². The highest BCUT2D eigenvalue weighted by atomic mass is 19.1. The second-order valence-electron chi connectivity index (χ2n) is 5.88. The Kier molecular flexibility index (Phi) is 2.74. The summed E-state index contributed by atoms with van der Waals surface area (Å²) >= 11 is 0. The van der Waals surface area contributed by atoms with Crippen molar-refractivity contribution in [1.29, 1.82) is 0 Å². The van der Waals surface area contributed by atoms with E-state index in [1.165, 1.54) is 0 Å². The summed E-state index contributed by atoms with van der Waals surface area (Å²) in [5.41, 5.74) is 0. The number of hydrogen-bond donors (Lipinski definition) is 0. The van der Waals surface area contributed by atoms with Crippen LogP contribution in [0.2, 0.25) is 0 Å². The summed E-state index contributed by atoms with van der Waals surface area (Å²) < 4.78 is 42.0. The molecular weight excluding hydrogens is 243 g/mol. The largest absolute Gasteiger partial charge is 0.348 e. The molecule has 3 rings (SSSR count). The third-order valence-electron chi connectivity index (χ3n) is 3.40. The first-order valence-corrected chi connectivity index (χ1v) is 6.24. The highest BCUT2D eigenvalue weighted by Crippen LogP contribution is 2.41. The molecule has 0 bridgehead atoms. The van der Waals surface area contributed by atoms with Gasteiger partial charge in [-0.3, -0.25) is 0 Å². The Hall–Kier alpha value is -0.270. The summed E-state index contributed by atoms with van der Waals surface area (Å²) in [7, 11) is 0. The van der Waals surface area contributed by atoms with E-state index in [4.69, 9.17) is 23.7 Å². The van der Waals surface area contributed by atoms with Crippen molar-refractivity contribution in [2.45, 2.75) is 70.0 Å².